The second kappa shape index (κ2) is 4.48. The Morgan fingerprint density at radius 3 is 2.25 bits per heavy atom. The fourth-order valence-corrected chi connectivity index (χ4v) is 1.51. The zero-order valence-corrected chi connectivity index (χ0v) is 8.90. The molecule has 2 heteroatoms. The summed E-state index contributed by atoms with van der Waals surface area (Å²) in [7, 11) is 0. The third-order valence-corrected chi connectivity index (χ3v) is 1.87. The van der Waals surface area contributed by atoms with Gasteiger partial charge in [0.1, 0.15) is 0 Å². The van der Waals surface area contributed by atoms with Crippen LogP contribution in [0.3, 0.4) is 0 Å². The van der Waals surface area contributed by atoms with Crippen LogP contribution < -0.4 is 5.32 Å². The summed E-state index contributed by atoms with van der Waals surface area (Å²) in [6.07, 6.45) is 0.943. The molecule has 72 valence electrons. The van der Waals surface area contributed by atoms with Crippen LogP contribution in [-0.2, 0) is 4.79 Å². The first-order valence-corrected chi connectivity index (χ1v) is 4.68. The van der Waals surface area contributed by atoms with Crippen molar-refractivity contribution >= 4 is 5.91 Å². The number of carbonyl (C=O) groups is 1. The number of nitrogens with one attached hydrogen (secondary N) is 1. The Balaban J connectivity index is 4.09. The van der Waals surface area contributed by atoms with Gasteiger partial charge in [0.25, 0.3) is 0 Å². The largest absolute Gasteiger partial charge is 0.356 e. The molecule has 1 amide bonds. The van der Waals surface area contributed by atoms with Crippen LogP contribution in [0.5, 0.6) is 0 Å². The fraction of sp³-hybridized carbons (Fsp3) is 0.900. The highest BCUT2D eigenvalue weighted by Crippen LogP contribution is 2.24. The van der Waals surface area contributed by atoms with Crippen molar-refractivity contribution in [1.82, 2.24) is 5.32 Å². The smallest absolute Gasteiger partial charge is 0.225 e. The molecule has 0 aromatic heterocycles. The molecule has 0 fully saturated rings. The molecule has 12 heavy (non-hydrogen) atoms. The molecule has 0 aliphatic heterocycles. The van der Waals surface area contributed by atoms with Gasteiger partial charge < -0.3 is 5.32 Å². The van der Waals surface area contributed by atoms with E-state index in [1.807, 2.05) is 20.8 Å². The number of rotatable bonds is 4. The first kappa shape index (κ1) is 11.5. The highest BCUT2D eigenvalue weighted by molar-refractivity contribution is 5.81. The van der Waals surface area contributed by atoms with Crippen LogP contribution in [0, 0.1) is 11.3 Å². The minimum Gasteiger partial charge on any atom is -0.356 e. The molecule has 0 spiro atoms. The standard InChI is InChI=1S/C10H21NO/c1-6-11-9(12)10(4,5)7-8(2)3/h8H,6-7H2,1-5H3,(H,11,12). The van der Waals surface area contributed by atoms with Crippen LogP contribution in [0.25, 0.3) is 0 Å². The third-order valence-electron chi connectivity index (χ3n) is 1.87. The van der Waals surface area contributed by atoms with Crippen LogP contribution in [0.2, 0.25) is 0 Å². The third kappa shape index (κ3) is 3.74. The van der Waals surface area contributed by atoms with E-state index in [1.165, 1.54) is 0 Å². The van der Waals surface area contributed by atoms with Gasteiger partial charge in [0.05, 0.1) is 0 Å². The van der Waals surface area contributed by atoms with Crippen molar-refractivity contribution in [2.75, 3.05) is 6.54 Å². The maximum Gasteiger partial charge on any atom is 0.225 e. The molecule has 0 aromatic rings. The van der Waals surface area contributed by atoms with Gasteiger partial charge in [0.2, 0.25) is 5.91 Å². The zero-order chi connectivity index (χ0) is 9.78. The van der Waals surface area contributed by atoms with E-state index in [9.17, 15) is 4.79 Å². The van der Waals surface area contributed by atoms with Gasteiger partial charge in [-0.3, -0.25) is 4.79 Å². The van der Waals surface area contributed by atoms with Crippen molar-refractivity contribution in [3.8, 4) is 0 Å². The molecule has 0 heterocycles. The Hall–Kier alpha value is -0.530. The lowest BCUT2D eigenvalue weighted by molar-refractivity contribution is -0.130. The molecule has 0 saturated carbocycles. The zero-order valence-electron chi connectivity index (χ0n) is 8.90. The predicted molar refractivity (Wildman–Crippen MR) is 51.9 cm³/mol. The van der Waals surface area contributed by atoms with Crippen LogP contribution in [0.1, 0.15) is 41.0 Å². The molecule has 2 nitrogen and oxygen atoms in total. The highest BCUT2D eigenvalue weighted by Gasteiger charge is 2.27. The second-order valence-electron chi connectivity index (χ2n) is 4.34. The number of amides is 1. The van der Waals surface area contributed by atoms with Crippen molar-refractivity contribution < 1.29 is 4.79 Å². The molecule has 0 rings (SSSR count). The SMILES string of the molecule is CCNC(=O)C(C)(C)CC(C)C. The van der Waals surface area contributed by atoms with Crippen molar-refractivity contribution in [2.45, 2.75) is 41.0 Å². The van der Waals surface area contributed by atoms with Gasteiger partial charge in [-0.1, -0.05) is 27.7 Å². The average molecular weight is 171 g/mol. The Kier molecular flexibility index (Phi) is 4.29. The summed E-state index contributed by atoms with van der Waals surface area (Å²) in [6, 6.07) is 0. The molecule has 0 aromatic carbocycles. The molecule has 0 aliphatic rings. The summed E-state index contributed by atoms with van der Waals surface area (Å²) >= 11 is 0. The van der Waals surface area contributed by atoms with Gasteiger partial charge >= 0.3 is 0 Å². The topological polar surface area (TPSA) is 29.1 Å². The van der Waals surface area contributed by atoms with E-state index in [4.69, 9.17) is 0 Å². The van der Waals surface area contributed by atoms with E-state index < -0.39 is 0 Å². The van der Waals surface area contributed by atoms with Gasteiger partial charge in [0.15, 0.2) is 0 Å². The Morgan fingerprint density at radius 1 is 1.42 bits per heavy atom. The Labute approximate surface area is 75.7 Å². The highest BCUT2D eigenvalue weighted by atomic mass is 16.2. The number of carbonyl (C=O) groups excluding carboxylic acids is 1. The van der Waals surface area contributed by atoms with Crippen LogP contribution in [0.4, 0.5) is 0 Å². The van der Waals surface area contributed by atoms with Crippen molar-refractivity contribution in [3.63, 3.8) is 0 Å². The van der Waals surface area contributed by atoms with Gasteiger partial charge in [-0.05, 0) is 19.3 Å². The van der Waals surface area contributed by atoms with E-state index in [0.717, 1.165) is 13.0 Å². The predicted octanol–water partition coefficient (Wildman–Crippen LogP) is 2.19. The lowest BCUT2D eigenvalue weighted by Crippen LogP contribution is -2.37. The van der Waals surface area contributed by atoms with E-state index >= 15 is 0 Å². The molecule has 0 aliphatic carbocycles. The normalized spacial score (nSPS) is 11.8. The molecule has 0 unspecified atom stereocenters. The lowest BCUT2D eigenvalue weighted by Gasteiger charge is -2.25. The molecular weight excluding hydrogens is 150 g/mol. The van der Waals surface area contributed by atoms with Gasteiger partial charge in [-0.15, -0.1) is 0 Å². The van der Waals surface area contributed by atoms with Crippen molar-refractivity contribution in [3.05, 3.63) is 0 Å². The quantitative estimate of drug-likeness (QED) is 0.690. The fourth-order valence-electron chi connectivity index (χ4n) is 1.51. The maximum absolute atomic E-state index is 11.5. The van der Waals surface area contributed by atoms with E-state index in [0.29, 0.717) is 5.92 Å². The number of hydrogen-bond donors (Lipinski definition) is 1. The molecule has 0 saturated heterocycles. The van der Waals surface area contributed by atoms with Crippen molar-refractivity contribution in [1.29, 1.82) is 0 Å². The van der Waals surface area contributed by atoms with Gasteiger partial charge in [-0.2, -0.15) is 0 Å². The molecule has 0 bridgehead atoms. The molecule has 1 N–H and O–H groups in total. The van der Waals surface area contributed by atoms with Gasteiger partial charge in [-0.25, -0.2) is 0 Å². The van der Waals surface area contributed by atoms with Crippen molar-refractivity contribution in [2.24, 2.45) is 11.3 Å². The van der Waals surface area contributed by atoms with Gasteiger partial charge in [0, 0.05) is 12.0 Å². The second-order valence-corrected chi connectivity index (χ2v) is 4.34. The summed E-state index contributed by atoms with van der Waals surface area (Å²) in [5.74, 6) is 0.737. The molecule has 0 radical (unpaired) electrons. The monoisotopic (exact) mass is 171 g/mol. The summed E-state index contributed by atoms with van der Waals surface area (Å²) in [6.45, 7) is 10.9. The average Bonchev–Trinajstić information content (AvgIpc) is 1.85. The van der Waals surface area contributed by atoms with E-state index in [1.54, 1.807) is 0 Å². The summed E-state index contributed by atoms with van der Waals surface area (Å²) in [4.78, 5) is 11.5. The lowest BCUT2D eigenvalue weighted by atomic mass is 9.83. The Bertz CT molecular complexity index is 150. The van der Waals surface area contributed by atoms with Crippen LogP contribution in [-0.4, -0.2) is 12.5 Å². The summed E-state index contributed by atoms with van der Waals surface area (Å²) in [5, 5.41) is 2.85. The summed E-state index contributed by atoms with van der Waals surface area (Å²) < 4.78 is 0. The van der Waals surface area contributed by atoms with Crippen LogP contribution in [0.15, 0.2) is 0 Å². The maximum atomic E-state index is 11.5. The molecule has 0 atom stereocenters. The minimum atomic E-state index is -0.218. The Morgan fingerprint density at radius 2 is 1.92 bits per heavy atom. The number of hydrogen-bond acceptors (Lipinski definition) is 1. The van der Waals surface area contributed by atoms with Crippen LogP contribution >= 0.6 is 0 Å². The summed E-state index contributed by atoms with van der Waals surface area (Å²) in [5.41, 5.74) is -0.218. The molecular formula is C10H21NO. The first-order chi connectivity index (χ1) is 5.40. The first-order valence-electron chi connectivity index (χ1n) is 4.68. The van der Waals surface area contributed by atoms with E-state index in [-0.39, 0.29) is 11.3 Å². The van der Waals surface area contributed by atoms with E-state index in [2.05, 4.69) is 19.2 Å². The minimum absolute atomic E-state index is 0.165.